The van der Waals surface area contributed by atoms with E-state index in [1.54, 1.807) is 6.20 Å². The van der Waals surface area contributed by atoms with Crippen LogP contribution < -0.4 is 15.8 Å². The van der Waals surface area contributed by atoms with Gasteiger partial charge in [0.2, 0.25) is 5.91 Å². The molecule has 1 aromatic heterocycles. The molecule has 1 heterocycles. The highest BCUT2D eigenvalue weighted by Crippen LogP contribution is 2.41. The van der Waals surface area contributed by atoms with Gasteiger partial charge in [-0.05, 0) is 61.5 Å². The lowest BCUT2D eigenvalue weighted by Gasteiger charge is -2.18. The maximum absolute atomic E-state index is 12.7. The fourth-order valence-corrected chi connectivity index (χ4v) is 2.82. The zero-order chi connectivity index (χ0) is 18.0. The molecule has 2 aliphatic carbocycles. The van der Waals surface area contributed by atoms with Gasteiger partial charge in [0.1, 0.15) is 6.04 Å². The lowest BCUT2D eigenvalue weighted by Crippen LogP contribution is -2.45. The minimum absolute atomic E-state index is 0.236. The molecule has 2 saturated carbocycles. The maximum atomic E-state index is 12.7. The van der Waals surface area contributed by atoms with E-state index in [-0.39, 0.29) is 11.6 Å². The van der Waals surface area contributed by atoms with Gasteiger partial charge in [-0.1, -0.05) is 13.8 Å². The molecule has 2 amide bonds. The van der Waals surface area contributed by atoms with Gasteiger partial charge in [-0.15, -0.1) is 0 Å². The van der Waals surface area contributed by atoms with Gasteiger partial charge in [0.15, 0.2) is 11.4 Å². The summed E-state index contributed by atoms with van der Waals surface area (Å²) >= 11 is 0. The Labute approximate surface area is 148 Å². The van der Waals surface area contributed by atoms with Crippen LogP contribution in [0.1, 0.15) is 67.9 Å². The van der Waals surface area contributed by atoms with Crippen molar-refractivity contribution < 1.29 is 14.3 Å². The predicted octanol–water partition coefficient (Wildman–Crippen LogP) is 2.38. The van der Waals surface area contributed by atoms with Crippen LogP contribution in [0.15, 0.2) is 12.3 Å². The number of aromatic nitrogens is 1. The van der Waals surface area contributed by atoms with Crippen LogP contribution in [0.25, 0.3) is 0 Å². The van der Waals surface area contributed by atoms with Gasteiger partial charge < -0.3 is 15.8 Å². The van der Waals surface area contributed by atoms with E-state index in [9.17, 15) is 9.59 Å². The number of pyridine rings is 1. The Morgan fingerprint density at radius 2 is 2.04 bits per heavy atom. The van der Waals surface area contributed by atoms with E-state index in [0.29, 0.717) is 30.6 Å². The standard InChI is InChI=1S/C19H27N3O3/c1-11(2)7-15(18(20)23)22-19(24)17-16(25-10-12-3-4-12)8-14(9-21-17)13-5-6-13/h8-9,11-13,15H,3-7,10H2,1-2H3,(H2,20,23)(H,22,24)/t15-/m0/s1. The van der Waals surface area contributed by atoms with E-state index in [4.69, 9.17) is 10.5 Å². The maximum Gasteiger partial charge on any atom is 0.274 e. The monoisotopic (exact) mass is 345 g/mol. The van der Waals surface area contributed by atoms with Gasteiger partial charge in [0, 0.05) is 6.20 Å². The van der Waals surface area contributed by atoms with Crippen molar-refractivity contribution in [2.24, 2.45) is 17.6 Å². The highest BCUT2D eigenvalue weighted by Gasteiger charge is 2.29. The molecule has 25 heavy (non-hydrogen) atoms. The number of primary amides is 1. The first-order valence-electron chi connectivity index (χ1n) is 9.17. The fraction of sp³-hybridized carbons (Fsp3) is 0.632. The van der Waals surface area contributed by atoms with Crippen molar-refractivity contribution in [2.75, 3.05) is 6.61 Å². The van der Waals surface area contributed by atoms with Crippen LogP contribution in [0.4, 0.5) is 0 Å². The molecule has 1 atom stereocenters. The normalized spacial score (nSPS) is 18.0. The Kier molecular flexibility index (Phi) is 5.25. The Balaban J connectivity index is 1.75. The number of carbonyl (C=O) groups excluding carboxylic acids is 2. The van der Waals surface area contributed by atoms with E-state index in [1.165, 1.54) is 12.8 Å². The minimum Gasteiger partial charge on any atom is -0.491 e. The van der Waals surface area contributed by atoms with Crippen molar-refractivity contribution in [3.05, 3.63) is 23.5 Å². The summed E-state index contributed by atoms with van der Waals surface area (Å²) in [6, 6.07) is 1.23. The first-order valence-corrected chi connectivity index (χ1v) is 9.17. The Hall–Kier alpha value is -2.11. The number of hydrogen-bond donors (Lipinski definition) is 2. The lowest BCUT2D eigenvalue weighted by atomic mass is 10.0. The van der Waals surface area contributed by atoms with Gasteiger partial charge >= 0.3 is 0 Å². The van der Waals surface area contributed by atoms with Gasteiger partial charge in [-0.25, -0.2) is 4.98 Å². The molecule has 0 radical (unpaired) electrons. The van der Waals surface area contributed by atoms with Gasteiger partial charge in [0.25, 0.3) is 5.91 Å². The molecule has 3 N–H and O–H groups in total. The van der Waals surface area contributed by atoms with Crippen LogP contribution in [0.2, 0.25) is 0 Å². The van der Waals surface area contributed by atoms with Crippen molar-refractivity contribution in [1.29, 1.82) is 0 Å². The molecule has 0 saturated heterocycles. The second-order valence-corrected chi connectivity index (χ2v) is 7.70. The topological polar surface area (TPSA) is 94.3 Å². The lowest BCUT2D eigenvalue weighted by molar-refractivity contribution is -0.120. The summed E-state index contributed by atoms with van der Waals surface area (Å²) < 4.78 is 5.88. The predicted molar refractivity (Wildman–Crippen MR) is 94.3 cm³/mol. The zero-order valence-electron chi connectivity index (χ0n) is 15.0. The van der Waals surface area contributed by atoms with E-state index < -0.39 is 17.9 Å². The van der Waals surface area contributed by atoms with Gasteiger partial charge in [-0.3, -0.25) is 9.59 Å². The molecule has 0 aromatic carbocycles. The van der Waals surface area contributed by atoms with Crippen LogP contribution >= 0.6 is 0 Å². The molecule has 136 valence electrons. The van der Waals surface area contributed by atoms with E-state index >= 15 is 0 Å². The van der Waals surface area contributed by atoms with Crippen molar-refractivity contribution >= 4 is 11.8 Å². The van der Waals surface area contributed by atoms with E-state index in [2.05, 4.69) is 10.3 Å². The summed E-state index contributed by atoms with van der Waals surface area (Å²) in [5.41, 5.74) is 6.78. The van der Waals surface area contributed by atoms with Crippen LogP contribution in [-0.2, 0) is 4.79 Å². The summed E-state index contributed by atoms with van der Waals surface area (Å²) in [5, 5.41) is 2.72. The summed E-state index contributed by atoms with van der Waals surface area (Å²) in [4.78, 5) is 28.6. The zero-order valence-corrected chi connectivity index (χ0v) is 15.0. The second kappa shape index (κ2) is 7.42. The SMILES string of the molecule is CC(C)C[C@H](NC(=O)c1ncc(C2CC2)cc1OCC1CC1)C(N)=O. The van der Waals surface area contributed by atoms with Crippen molar-refractivity contribution in [3.63, 3.8) is 0 Å². The Morgan fingerprint density at radius 1 is 1.32 bits per heavy atom. The molecule has 0 unspecified atom stereocenters. The first kappa shape index (κ1) is 17.7. The third-order valence-corrected chi connectivity index (χ3v) is 4.67. The van der Waals surface area contributed by atoms with Crippen molar-refractivity contribution in [1.82, 2.24) is 10.3 Å². The fourth-order valence-electron chi connectivity index (χ4n) is 2.82. The number of nitrogens with zero attached hydrogens (tertiary/aromatic N) is 1. The largest absolute Gasteiger partial charge is 0.491 e. The highest BCUT2D eigenvalue weighted by molar-refractivity contribution is 5.97. The number of carbonyl (C=O) groups is 2. The number of ether oxygens (including phenoxy) is 1. The Bertz CT molecular complexity index is 651. The number of rotatable bonds is 9. The van der Waals surface area contributed by atoms with Crippen molar-refractivity contribution in [3.8, 4) is 5.75 Å². The number of nitrogens with two attached hydrogens (primary N) is 1. The minimum atomic E-state index is -0.700. The molecule has 6 heteroatoms. The van der Waals surface area contributed by atoms with Crippen LogP contribution in [-0.4, -0.2) is 29.4 Å². The third-order valence-electron chi connectivity index (χ3n) is 4.67. The smallest absolute Gasteiger partial charge is 0.274 e. The first-order chi connectivity index (χ1) is 11.9. The molecule has 1 aromatic rings. The summed E-state index contributed by atoms with van der Waals surface area (Å²) in [6.45, 7) is 4.57. The van der Waals surface area contributed by atoms with E-state index in [0.717, 1.165) is 18.4 Å². The quantitative estimate of drug-likeness (QED) is 0.718. The molecule has 2 aliphatic rings. The molecule has 2 fully saturated rings. The molecule has 0 bridgehead atoms. The third kappa shape index (κ3) is 4.94. The average molecular weight is 345 g/mol. The van der Waals surface area contributed by atoms with Gasteiger partial charge in [-0.2, -0.15) is 0 Å². The second-order valence-electron chi connectivity index (χ2n) is 7.70. The summed E-state index contributed by atoms with van der Waals surface area (Å²) in [6.07, 6.45) is 6.92. The molecule has 0 spiro atoms. The summed E-state index contributed by atoms with van der Waals surface area (Å²) in [5.74, 6) is 0.942. The van der Waals surface area contributed by atoms with E-state index in [1.807, 2.05) is 19.9 Å². The van der Waals surface area contributed by atoms with Crippen molar-refractivity contribution in [2.45, 2.75) is 57.9 Å². The van der Waals surface area contributed by atoms with Crippen LogP contribution in [0.5, 0.6) is 5.75 Å². The number of amides is 2. The molecular formula is C19H27N3O3. The number of hydrogen-bond acceptors (Lipinski definition) is 4. The molecule has 3 rings (SSSR count). The van der Waals surface area contributed by atoms with Crippen LogP contribution in [0.3, 0.4) is 0 Å². The summed E-state index contributed by atoms with van der Waals surface area (Å²) in [7, 11) is 0. The Morgan fingerprint density at radius 3 is 2.60 bits per heavy atom. The highest BCUT2D eigenvalue weighted by atomic mass is 16.5. The molecule has 0 aliphatic heterocycles. The molecular weight excluding hydrogens is 318 g/mol. The average Bonchev–Trinajstić information content (AvgIpc) is 3.45. The van der Waals surface area contributed by atoms with Gasteiger partial charge in [0.05, 0.1) is 6.61 Å². The number of nitrogens with one attached hydrogen (secondary N) is 1. The molecule has 6 nitrogen and oxygen atoms in total. The van der Waals surface area contributed by atoms with Crippen LogP contribution in [0, 0.1) is 11.8 Å².